The maximum atomic E-state index is 10.8. The van der Waals surface area contributed by atoms with Crippen LogP contribution in [0, 0.1) is 0 Å². The molecule has 2 heterocycles. The van der Waals surface area contributed by atoms with Gasteiger partial charge in [0.15, 0.2) is 0 Å². The molecule has 12 heavy (non-hydrogen) atoms. The molecule has 0 spiro atoms. The number of primary amides is 1. The predicted octanol–water partition coefficient (Wildman–Crippen LogP) is -1.09. The molecule has 1 aromatic rings. The Morgan fingerprint density at radius 1 is 1.75 bits per heavy atom. The second-order valence-electron chi connectivity index (χ2n) is 2.87. The van der Waals surface area contributed by atoms with E-state index in [1.165, 1.54) is 0 Å². The van der Waals surface area contributed by atoms with Gasteiger partial charge in [-0.05, 0) is 0 Å². The van der Waals surface area contributed by atoms with E-state index in [0.29, 0.717) is 13.0 Å². The molecule has 0 bridgehead atoms. The molecule has 0 unspecified atom stereocenters. The fraction of sp³-hybridized carbons (Fsp3) is 0.429. The number of nitrogens with one attached hydrogen (secondary N) is 2. The molecule has 0 saturated carbocycles. The van der Waals surface area contributed by atoms with Crippen molar-refractivity contribution in [2.45, 2.75) is 19.0 Å². The summed E-state index contributed by atoms with van der Waals surface area (Å²) in [4.78, 5) is 17.9. The highest BCUT2D eigenvalue weighted by atomic mass is 16.1. The van der Waals surface area contributed by atoms with E-state index in [2.05, 4.69) is 15.3 Å². The highest BCUT2D eigenvalue weighted by Crippen LogP contribution is 2.11. The lowest BCUT2D eigenvalue weighted by molar-refractivity contribution is -0.120. The lowest BCUT2D eigenvalue weighted by Crippen LogP contribution is -2.45. The van der Waals surface area contributed by atoms with E-state index >= 15 is 0 Å². The van der Waals surface area contributed by atoms with Crippen molar-refractivity contribution >= 4 is 5.91 Å². The summed E-state index contributed by atoms with van der Waals surface area (Å²) in [5.74, 6) is -0.316. The number of nitrogens with zero attached hydrogens (tertiary/aromatic N) is 1. The smallest absolute Gasteiger partial charge is 0.234 e. The van der Waals surface area contributed by atoms with Crippen molar-refractivity contribution in [1.29, 1.82) is 0 Å². The molecule has 2 rings (SSSR count). The Labute approximate surface area is 69.4 Å². The molecule has 1 aromatic heterocycles. The van der Waals surface area contributed by atoms with Gasteiger partial charge >= 0.3 is 0 Å². The van der Waals surface area contributed by atoms with Crippen LogP contribution in [0.15, 0.2) is 6.33 Å². The van der Waals surface area contributed by atoms with Gasteiger partial charge in [-0.25, -0.2) is 4.98 Å². The molecule has 0 radical (unpaired) electrons. The first-order valence-electron chi connectivity index (χ1n) is 3.81. The number of imidazole rings is 1. The van der Waals surface area contributed by atoms with Gasteiger partial charge in [0.2, 0.25) is 5.91 Å². The normalized spacial score (nSPS) is 21.8. The summed E-state index contributed by atoms with van der Waals surface area (Å²) in [6, 6.07) is -0.263. The SMILES string of the molecule is NC(=O)[C@@H]1Cc2nc[nH]c2CN1. The topological polar surface area (TPSA) is 83.8 Å². The summed E-state index contributed by atoms with van der Waals surface area (Å²) >= 11 is 0. The van der Waals surface area contributed by atoms with Crippen LogP contribution in [0.5, 0.6) is 0 Å². The van der Waals surface area contributed by atoms with E-state index in [-0.39, 0.29) is 11.9 Å². The number of aromatic nitrogens is 2. The molecule has 64 valence electrons. The number of rotatable bonds is 1. The van der Waals surface area contributed by atoms with E-state index in [0.717, 1.165) is 11.4 Å². The Hall–Kier alpha value is -1.36. The minimum Gasteiger partial charge on any atom is -0.368 e. The Morgan fingerprint density at radius 3 is 3.33 bits per heavy atom. The molecule has 0 aromatic carbocycles. The molecular weight excluding hydrogens is 156 g/mol. The molecule has 5 nitrogen and oxygen atoms in total. The van der Waals surface area contributed by atoms with E-state index in [1.54, 1.807) is 6.33 Å². The van der Waals surface area contributed by atoms with Gasteiger partial charge in [0.25, 0.3) is 0 Å². The van der Waals surface area contributed by atoms with Crippen LogP contribution < -0.4 is 11.1 Å². The van der Waals surface area contributed by atoms with Crippen LogP contribution in [0.2, 0.25) is 0 Å². The van der Waals surface area contributed by atoms with Gasteiger partial charge < -0.3 is 10.7 Å². The van der Waals surface area contributed by atoms with Gasteiger partial charge in [-0.3, -0.25) is 10.1 Å². The van der Waals surface area contributed by atoms with Crippen molar-refractivity contribution in [3.8, 4) is 0 Å². The van der Waals surface area contributed by atoms with Gasteiger partial charge in [-0.1, -0.05) is 0 Å². The molecule has 0 fully saturated rings. The molecule has 0 saturated heterocycles. The Balaban J connectivity index is 2.20. The predicted molar refractivity (Wildman–Crippen MR) is 42.1 cm³/mol. The van der Waals surface area contributed by atoms with Crippen LogP contribution in [-0.4, -0.2) is 21.9 Å². The van der Waals surface area contributed by atoms with E-state index in [1.807, 2.05) is 0 Å². The second kappa shape index (κ2) is 2.60. The number of aromatic amines is 1. The summed E-state index contributed by atoms with van der Waals surface area (Å²) in [6.45, 7) is 0.642. The second-order valence-corrected chi connectivity index (χ2v) is 2.87. The fourth-order valence-corrected chi connectivity index (χ4v) is 1.37. The molecule has 1 atom stereocenters. The lowest BCUT2D eigenvalue weighted by Gasteiger charge is -2.19. The van der Waals surface area contributed by atoms with E-state index in [4.69, 9.17) is 5.73 Å². The Kier molecular flexibility index (Phi) is 1.58. The summed E-state index contributed by atoms with van der Waals surface area (Å²) in [5.41, 5.74) is 7.14. The highest BCUT2D eigenvalue weighted by molar-refractivity contribution is 5.80. The number of carbonyl (C=O) groups is 1. The van der Waals surface area contributed by atoms with E-state index in [9.17, 15) is 4.79 Å². The molecule has 5 heteroatoms. The van der Waals surface area contributed by atoms with Gasteiger partial charge in [0, 0.05) is 13.0 Å². The van der Waals surface area contributed by atoms with Crippen LogP contribution in [0.1, 0.15) is 11.4 Å². The van der Waals surface area contributed by atoms with Crippen molar-refractivity contribution < 1.29 is 4.79 Å². The van der Waals surface area contributed by atoms with Gasteiger partial charge in [0.1, 0.15) is 0 Å². The number of H-pyrrole nitrogens is 1. The molecule has 1 aliphatic heterocycles. The Morgan fingerprint density at radius 2 is 2.58 bits per heavy atom. The van der Waals surface area contributed by atoms with Crippen molar-refractivity contribution in [3.63, 3.8) is 0 Å². The number of fused-ring (bicyclic) bond motifs is 1. The third-order valence-corrected chi connectivity index (χ3v) is 2.07. The maximum Gasteiger partial charge on any atom is 0.234 e. The molecule has 4 N–H and O–H groups in total. The molecule has 1 amide bonds. The van der Waals surface area contributed by atoms with Gasteiger partial charge in [-0.2, -0.15) is 0 Å². The largest absolute Gasteiger partial charge is 0.368 e. The standard InChI is InChI=1S/C7H10N4O/c8-7(12)5-1-4-6(2-9-5)11-3-10-4/h3,5,9H,1-2H2,(H2,8,12)(H,10,11)/t5-/m0/s1. The number of hydrogen-bond acceptors (Lipinski definition) is 3. The zero-order valence-electron chi connectivity index (χ0n) is 6.50. The first kappa shape index (κ1) is 7.30. The minimum atomic E-state index is -0.316. The van der Waals surface area contributed by atoms with Gasteiger partial charge in [-0.15, -0.1) is 0 Å². The van der Waals surface area contributed by atoms with Crippen LogP contribution in [0.25, 0.3) is 0 Å². The number of carbonyl (C=O) groups excluding carboxylic acids is 1. The first-order valence-corrected chi connectivity index (χ1v) is 3.81. The number of amides is 1. The summed E-state index contributed by atoms with van der Waals surface area (Å²) in [6.07, 6.45) is 2.23. The third-order valence-electron chi connectivity index (χ3n) is 2.07. The quantitative estimate of drug-likeness (QED) is 0.495. The zero-order chi connectivity index (χ0) is 8.55. The minimum absolute atomic E-state index is 0.263. The number of hydrogen-bond donors (Lipinski definition) is 3. The van der Waals surface area contributed by atoms with E-state index < -0.39 is 0 Å². The van der Waals surface area contributed by atoms with Gasteiger partial charge in [0.05, 0.1) is 23.8 Å². The fourth-order valence-electron chi connectivity index (χ4n) is 1.37. The Bertz CT molecular complexity index is 306. The highest BCUT2D eigenvalue weighted by Gasteiger charge is 2.23. The van der Waals surface area contributed by atoms with Crippen LogP contribution in [-0.2, 0) is 17.8 Å². The van der Waals surface area contributed by atoms with Crippen LogP contribution in [0.3, 0.4) is 0 Å². The van der Waals surface area contributed by atoms with Crippen molar-refractivity contribution in [2.75, 3.05) is 0 Å². The summed E-state index contributed by atoms with van der Waals surface area (Å²) in [7, 11) is 0. The molecule has 0 aliphatic carbocycles. The van der Waals surface area contributed by atoms with Crippen molar-refractivity contribution in [2.24, 2.45) is 5.73 Å². The molecular formula is C7H10N4O. The summed E-state index contributed by atoms with van der Waals surface area (Å²) in [5, 5.41) is 3.02. The van der Waals surface area contributed by atoms with Crippen LogP contribution >= 0.6 is 0 Å². The third kappa shape index (κ3) is 1.08. The lowest BCUT2D eigenvalue weighted by atomic mass is 10.1. The summed E-state index contributed by atoms with van der Waals surface area (Å²) < 4.78 is 0. The molecule has 1 aliphatic rings. The average molecular weight is 166 g/mol. The monoisotopic (exact) mass is 166 g/mol. The van der Waals surface area contributed by atoms with Crippen molar-refractivity contribution in [1.82, 2.24) is 15.3 Å². The average Bonchev–Trinajstić information content (AvgIpc) is 2.49. The van der Waals surface area contributed by atoms with Crippen molar-refractivity contribution in [3.05, 3.63) is 17.7 Å². The first-order chi connectivity index (χ1) is 5.77. The zero-order valence-corrected chi connectivity index (χ0v) is 6.50. The maximum absolute atomic E-state index is 10.8. The van der Waals surface area contributed by atoms with Crippen LogP contribution in [0.4, 0.5) is 0 Å². The number of nitrogens with two attached hydrogens (primary N) is 1.